The second kappa shape index (κ2) is 8.47. The van der Waals surface area contributed by atoms with E-state index in [0.29, 0.717) is 0 Å². The van der Waals surface area contributed by atoms with E-state index in [9.17, 15) is 0 Å². The summed E-state index contributed by atoms with van der Waals surface area (Å²) in [5, 5.41) is 4.26. The van der Waals surface area contributed by atoms with Gasteiger partial charge in [0.1, 0.15) is 5.82 Å². The van der Waals surface area contributed by atoms with Gasteiger partial charge in [0.25, 0.3) is 0 Å². The minimum atomic E-state index is 0.848. The summed E-state index contributed by atoms with van der Waals surface area (Å²) < 4.78 is 0. The van der Waals surface area contributed by atoms with E-state index in [4.69, 9.17) is 0 Å². The van der Waals surface area contributed by atoms with Crippen LogP contribution in [0.1, 0.15) is 37.8 Å². The van der Waals surface area contributed by atoms with Gasteiger partial charge in [0.2, 0.25) is 0 Å². The van der Waals surface area contributed by atoms with Gasteiger partial charge in [-0.05, 0) is 58.5 Å². The van der Waals surface area contributed by atoms with Gasteiger partial charge in [-0.2, -0.15) is 0 Å². The molecule has 1 saturated heterocycles. The molecule has 0 bridgehead atoms. The molecule has 0 spiro atoms. The van der Waals surface area contributed by atoms with Crippen LogP contribution >= 0.6 is 11.8 Å². The molecule has 1 fully saturated rings. The van der Waals surface area contributed by atoms with Crippen molar-refractivity contribution in [3.8, 4) is 0 Å². The van der Waals surface area contributed by atoms with Crippen LogP contribution in [-0.2, 0) is 0 Å². The molecule has 1 N–H and O–H groups in total. The van der Waals surface area contributed by atoms with E-state index in [1.54, 1.807) is 11.8 Å². The average molecular weight is 294 g/mol. The number of nitrogens with one attached hydrogen (secondary N) is 1. The number of nitrogens with zero attached hydrogens (tertiary/aromatic N) is 3. The molecule has 0 unspecified atom stereocenters. The third-order valence-electron chi connectivity index (χ3n) is 3.67. The zero-order chi connectivity index (χ0) is 14.2. The molecule has 1 aromatic heterocycles. The Labute approximate surface area is 126 Å². The van der Waals surface area contributed by atoms with Crippen molar-refractivity contribution in [3.05, 3.63) is 11.8 Å². The van der Waals surface area contributed by atoms with E-state index in [2.05, 4.69) is 20.2 Å². The second-order valence-corrected chi connectivity index (χ2v) is 6.19. The van der Waals surface area contributed by atoms with Crippen LogP contribution in [0.15, 0.2) is 11.2 Å². The van der Waals surface area contributed by atoms with Gasteiger partial charge in [-0.3, -0.25) is 0 Å². The lowest BCUT2D eigenvalue weighted by atomic mass is 10.1. The molecule has 1 aromatic rings. The maximum Gasteiger partial charge on any atom is 0.189 e. The van der Waals surface area contributed by atoms with Gasteiger partial charge in [-0.1, -0.05) is 18.2 Å². The lowest BCUT2D eigenvalue weighted by molar-refractivity contribution is 0.225. The molecule has 20 heavy (non-hydrogen) atoms. The van der Waals surface area contributed by atoms with Crippen LogP contribution in [0.3, 0.4) is 0 Å². The summed E-state index contributed by atoms with van der Waals surface area (Å²) in [6.45, 7) is 6.87. The van der Waals surface area contributed by atoms with E-state index in [0.717, 1.165) is 23.2 Å². The van der Waals surface area contributed by atoms with Gasteiger partial charge in [-0.25, -0.2) is 9.97 Å². The fourth-order valence-corrected chi connectivity index (χ4v) is 3.01. The van der Waals surface area contributed by atoms with Crippen LogP contribution in [-0.4, -0.2) is 47.3 Å². The lowest BCUT2D eigenvalue weighted by Crippen LogP contribution is -2.30. The minimum Gasteiger partial charge on any atom is -0.370 e. The highest BCUT2D eigenvalue weighted by atomic mass is 32.2. The molecule has 112 valence electrons. The quantitative estimate of drug-likeness (QED) is 0.475. The molecule has 0 radical (unpaired) electrons. The molecule has 2 heterocycles. The van der Waals surface area contributed by atoms with Crippen molar-refractivity contribution >= 4 is 17.6 Å². The Bertz CT molecular complexity index is 405. The summed E-state index contributed by atoms with van der Waals surface area (Å²) in [5.41, 5.74) is 1.03. The third-order valence-corrected chi connectivity index (χ3v) is 4.22. The van der Waals surface area contributed by atoms with E-state index in [1.165, 1.54) is 51.7 Å². The smallest absolute Gasteiger partial charge is 0.189 e. The zero-order valence-corrected chi connectivity index (χ0v) is 13.5. The van der Waals surface area contributed by atoms with Crippen molar-refractivity contribution < 1.29 is 0 Å². The first-order valence-electron chi connectivity index (χ1n) is 7.64. The number of piperidine rings is 1. The number of aryl methyl sites for hydroxylation is 1. The Hall–Kier alpha value is -0.810. The van der Waals surface area contributed by atoms with E-state index in [1.807, 2.05) is 19.2 Å². The van der Waals surface area contributed by atoms with Gasteiger partial charge >= 0.3 is 0 Å². The highest BCUT2D eigenvalue weighted by Crippen LogP contribution is 2.14. The van der Waals surface area contributed by atoms with Gasteiger partial charge in [0.05, 0.1) is 0 Å². The van der Waals surface area contributed by atoms with Gasteiger partial charge < -0.3 is 10.2 Å². The summed E-state index contributed by atoms with van der Waals surface area (Å²) in [6, 6.07) is 2.02. The largest absolute Gasteiger partial charge is 0.370 e. The number of anilines is 1. The fourth-order valence-electron chi connectivity index (χ4n) is 2.58. The number of unbranched alkanes of at least 4 members (excludes halogenated alkanes) is 1. The number of hydrogen-bond acceptors (Lipinski definition) is 5. The highest BCUT2D eigenvalue weighted by Gasteiger charge is 2.08. The molecular formula is C15H26N4S. The van der Waals surface area contributed by atoms with E-state index < -0.39 is 0 Å². The minimum absolute atomic E-state index is 0.848. The topological polar surface area (TPSA) is 41.1 Å². The van der Waals surface area contributed by atoms with Crippen molar-refractivity contribution in [2.24, 2.45) is 0 Å². The van der Waals surface area contributed by atoms with Crippen LogP contribution in [0.4, 0.5) is 5.82 Å². The molecule has 2 rings (SSSR count). The van der Waals surface area contributed by atoms with Crippen molar-refractivity contribution in [2.45, 2.75) is 44.2 Å². The molecule has 0 atom stereocenters. The van der Waals surface area contributed by atoms with Crippen molar-refractivity contribution in [1.29, 1.82) is 0 Å². The van der Waals surface area contributed by atoms with Crippen molar-refractivity contribution in [1.82, 2.24) is 14.9 Å². The van der Waals surface area contributed by atoms with Crippen LogP contribution in [0.5, 0.6) is 0 Å². The maximum atomic E-state index is 4.47. The first-order chi connectivity index (χ1) is 9.78. The number of likely N-dealkylation sites (tertiary alicyclic amines) is 1. The predicted octanol–water partition coefficient (Wildman–Crippen LogP) is 3.18. The molecule has 0 aliphatic carbocycles. The summed E-state index contributed by atoms with van der Waals surface area (Å²) >= 11 is 1.59. The molecule has 4 nitrogen and oxygen atoms in total. The first-order valence-corrected chi connectivity index (χ1v) is 8.86. The monoisotopic (exact) mass is 294 g/mol. The third kappa shape index (κ3) is 5.29. The Morgan fingerprint density at radius 3 is 2.75 bits per heavy atom. The van der Waals surface area contributed by atoms with Crippen LogP contribution in [0, 0.1) is 6.92 Å². The lowest BCUT2D eigenvalue weighted by Gasteiger charge is -2.26. The van der Waals surface area contributed by atoms with Crippen LogP contribution < -0.4 is 5.32 Å². The Balaban J connectivity index is 1.64. The first kappa shape index (κ1) is 15.6. The van der Waals surface area contributed by atoms with E-state index in [-0.39, 0.29) is 0 Å². The molecule has 5 heteroatoms. The number of rotatable bonds is 7. The standard InChI is InChI=1S/C15H26N4S/c1-13-12-14(18-15(17-13)20-2)16-8-4-7-11-19-9-5-3-6-10-19/h12H,3-11H2,1-2H3,(H,16,17,18). The second-order valence-electron chi connectivity index (χ2n) is 5.42. The Kier molecular flexibility index (Phi) is 6.60. The van der Waals surface area contributed by atoms with Gasteiger partial charge in [0.15, 0.2) is 5.16 Å². The summed E-state index contributed by atoms with van der Waals surface area (Å²) in [7, 11) is 0. The fraction of sp³-hybridized carbons (Fsp3) is 0.733. The number of thioether (sulfide) groups is 1. The Morgan fingerprint density at radius 1 is 1.20 bits per heavy atom. The van der Waals surface area contributed by atoms with Gasteiger partial charge in [0, 0.05) is 18.3 Å². The van der Waals surface area contributed by atoms with Crippen LogP contribution in [0.25, 0.3) is 0 Å². The molecule has 0 aromatic carbocycles. The Morgan fingerprint density at radius 2 is 2.00 bits per heavy atom. The summed E-state index contributed by atoms with van der Waals surface area (Å²) in [4.78, 5) is 11.4. The summed E-state index contributed by atoms with van der Waals surface area (Å²) in [5.74, 6) is 0.958. The zero-order valence-electron chi connectivity index (χ0n) is 12.7. The number of hydrogen-bond donors (Lipinski definition) is 1. The SMILES string of the molecule is CSc1nc(C)cc(NCCCCN2CCCCC2)n1. The van der Waals surface area contributed by atoms with Crippen molar-refractivity contribution in [3.63, 3.8) is 0 Å². The van der Waals surface area contributed by atoms with E-state index >= 15 is 0 Å². The average Bonchev–Trinajstić information content (AvgIpc) is 2.47. The molecule has 0 amide bonds. The maximum absolute atomic E-state index is 4.47. The molecule has 1 aliphatic heterocycles. The molecule has 1 aliphatic rings. The normalized spacial score (nSPS) is 16.3. The highest BCUT2D eigenvalue weighted by molar-refractivity contribution is 7.98. The molecular weight excluding hydrogens is 268 g/mol. The molecule has 0 saturated carbocycles. The van der Waals surface area contributed by atoms with Crippen LogP contribution in [0.2, 0.25) is 0 Å². The van der Waals surface area contributed by atoms with Crippen molar-refractivity contribution in [2.75, 3.05) is 37.8 Å². The summed E-state index contributed by atoms with van der Waals surface area (Å²) in [6.07, 6.45) is 8.67. The number of aromatic nitrogens is 2. The predicted molar refractivity (Wildman–Crippen MR) is 86.6 cm³/mol. The van der Waals surface area contributed by atoms with Gasteiger partial charge in [-0.15, -0.1) is 0 Å².